The molecule has 0 saturated carbocycles. The van der Waals surface area contributed by atoms with Crippen molar-refractivity contribution in [2.45, 2.75) is 18.9 Å². The Labute approximate surface area is 91.1 Å². The van der Waals surface area contributed by atoms with E-state index in [1.807, 2.05) is 30.3 Å². The van der Waals surface area contributed by atoms with Crippen LogP contribution in [0.25, 0.3) is 0 Å². The molecule has 0 bridgehead atoms. The Morgan fingerprint density at radius 1 is 1.47 bits per heavy atom. The molecule has 0 amide bonds. The molecule has 0 aromatic heterocycles. The lowest BCUT2D eigenvalue weighted by molar-refractivity contribution is 0.414. The van der Waals surface area contributed by atoms with E-state index in [-0.39, 0.29) is 6.04 Å². The molecule has 2 N–H and O–H groups in total. The number of hydrogen-bond acceptors (Lipinski definition) is 2. The highest BCUT2D eigenvalue weighted by Gasteiger charge is 2.04. The minimum Gasteiger partial charge on any atom is -0.497 e. The van der Waals surface area contributed by atoms with E-state index in [4.69, 9.17) is 10.5 Å². The fourth-order valence-electron chi connectivity index (χ4n) is 1.38. The molecule has 0 aliphatic carbocycles. The van der Waals surface area contributed by atoms with Crippen molar-refractivity contribution in [2.24, 2.45) is 5.73 Å². The molecule has 15 heavy (non-hydrogen) atoms. The summed E-state index contributed by atoms with van der Waals surface area (Å²) in [7, 11) is 1.66. The minimum atomic E-state index is 0.0699. The van der Waals surface area contributed by atoms with Crippen molar-refractivity contribution in [1.29, 1.82) is 0 Å². The first-order valence-electron chi connectivity index (χ1n) is 5.01. The first-order chi connectivity index (χ1) is 7.27. The molecule has 0 radical (unpaired) electrons. The highest BCUT2D eigenvalue weighted by molar-refractivity contribution is 5.28. The van der Waals surface area contributed by atoms with Gasteiger partial charge in [-0.2, -0.15) is 0 Å². The summed E-state index contributed by atoms with van der Waals surface area (Å²) in [4.78, 5) is 0. The average molecular weight is 203 g/mol. The molecule has 0 heterocycles. The van der Waals surface area contributed by atoms with Gasteiger partial charge < -0.3 is 10.5 Å². The van der Waals surface area contributed by atoms with Gasteiger partial charge in [-0.15, -0.1) is 5.73 Å². The second-order valence-electron chi connectivity index (χ2n) is 3.37. The summed E-state index contributed by atoms with van der Waals surface area (Å²) in [5.41, 5.74) is 9.89. The zero-order valence-corrected chi connectivity index (χ0v) is 9.07. The van der Waals surface area contributed by atoms with Crippen LogP contribution in [0.2, 0.25) is 0 Å². The van der Waals surface area contributed by atoms with Gasteiger partial charge in [-0.3, -0.25) is 0 Å². The number of nitrogens with two attached hydrogens (primary N) is 1. The van der Waals surface area contributed by atoms with Gasteiger partial charge in [0.2, 0.25) is 0 Å². The highest BCUT2D eigenvalue weighted by atomic mass is 16.5. The number of methoxy groups -OCH3 is 1. The van der Waals surface area contributed by atoms with E-state index in [9.17, 15) is 0 Å². The zero-order valence-electron chi connectivity index (χ0n) is 9.07. The van der Waals surface area contributed by atoms with Gasteiger partial charge in [0.25, 0.3) is 0 Å². The number of hydrogen-bond donors (Lipinski definition) is 1. The predicted octanol–water partition coefficient (Wildman–Crippen LogP) is 2.82. The summed E-state index contributed by atoms with van der Waals surface area (Å²) in [5, 5.41) is 0. The SMILES string of the molecule is C=C=CCCC(N)c1ccc(OC)cc1. The number of allylic oxidation sites excluding steroid dienone is 1. The number of rotatable bonds is 5. The van der Waals surface area contributed by atoms with E-state index in [0.717, 1.165) is 24.2 Å². The summed E-state index contributed by atoms with van der Waals surface area (Å²) < 4.78 is 5.08. The fourth-order valence-corrected chi connectivity index (χ4v) is 1.38. The molecule has 0 spiro atoms. The summed E-state index contributed by atoms with van der Waals surface area (Å²) in [6.07, 6.45) is 3.73. The van der Waals surface area contributed by atoms with Crippen molar-refractivity contribution in [3.05, 3.63) is 48.2 Å². The summed E-state index contributed by atoms with van der Waals surface area (Å²) in [5.74, 6) is 0.858. The summed E-state index contributed by atoms with van der Waals surface area (Å²) in [6, 6.07) is 7.93. The number of benzene rings is 1. The second-order valence-corrected chi connectivity index (χ2v) is 3.37. The van der Waals surface area contributed by atoms with Gasteiger partial charge in [-0.05, 0) is 36.6 Å². The van der Waals surface area contributed by atoms with E-state index in [1.165, 1.54) is 0 Å². The Morgan fingerprint density at radius 2 is 2.13 bits per heavy atom. The van der Waals surface area contributed by atoms with Crippen LogP contribution in [0.3, 0.4) is 0 Å². The maximum absolute atomic E-state index is 6.02. The topological polar surface area (TPSA) is 35.2 Å². The normalized spacial score (nSPS) is 11.6. The molecule has 1 aromatic carbocycles. The number of ether oxygens (including phenoxy) is 1. The van der Waals surface area contributed by atoms with Crippen molar-refractivity contribution in [1.82, 2.24) is 0 Å². The largest absolute Gasteiger partial charge is 0.497 e. The lowest BCUT2D eigenvalue weighted by Gasteiger charge is -2.10. The Morgan fingerprint density at radius 3 is 2.67 bits per heavy atom. The molecule has 2 heteroatoms. The van der Waals surface area contributed by atoms with Crippen LogP contribution >= 0.6 is 0 Å². The van der Waals surface area contributed by atoms with Crippen LogP contribution in [0.5, 0.6) is 5.75 Å². The van der Waals surface area contributed by atoms with Gasteiger partial charge in [-0.1, -0.05) is 18.7 Å². The molecular weight excluding hydrogens is 186 g/mol. The molecule has 0 fully saturated rings. The molecule has 1 aromatic rings. The fraction of sp³-hybridized carbons (Fsp3) is 0.308. The van der Waals surface area contributed by atoms with Crippen LogP contribution in [0.4, 0.5) is 0 Å². The molecule has 0 aliphatic rings. The average Bonchev–Trinajstić information content (AvgIpc) is 2.29. The molecule has 0 saturated heterocycles. The van der Waals surface area contributed by atoms with Crippen LogP contribution in [0.1, 0.15) is 24.4 Å². The molecule has 2 nitrogen and oxygen atoms in total. The lowest BCUT2D eigenvalue weighted by Crippen LogP contribution is -2.09. The monoisotopic (exact) mass is 203 g/mol. The highest BCUT2D eigenvalue weighted by Crippen LogP contribution is 2.19. The van der Waals surface area contributed by atoms with Crippen LogP contribution < -0.4 is 10.5 Å². The summed E-state index contributed by atoms with van der Waals surface area (Å²) >= 11 is 0. The molecule has 1 unspecified atom stereocenters. The van der Waals surface area contributed by atoms with Gasteiger partial charge in [0, 0.05) is 6.04 Å². The van der Waals surface area contributed by atoms with Gasteiger partial charge >= 0.3 is 0 Å². The zero-order chi connectivity index (χ0) is 11.1. The van der Waals surface area contributed by atoms with Crippen LogP contribution in [-0.4, -0.2) is 7.11 Å². The predicted molar refractivity (Wildman–Crippen MR) is 62.9 cm³/mol. The van der Waals surface area contributed by atoms with Crippen LogP contribution in [-0.2, 0) is 0 Å². The van der Waals surface area contributed by atoms with Crippen LogP contribution in [0, 0.1) is 0 Å². The third-order valence-electron chi connectivity index (χ3n) is 2.31. The molecule has 80 valence electrons. The van der Waals surface area contributed by atoms with E-state index in [1.54, 1.807) is 7.11 Å². The van der Waals surface area contributed by atoms with E-state index >= 15 is 0 Å². The second kappa shape index (κ2) is 6.07. The standard InChI is InChI=1S/C13H17NO/c1-3-4-5-6-13(14)11-7-9-12(15-2)10-8-11/h4,7-10,13H,1,5-6,14H2,2H3. The van der Waals surface area contributed by atoms with Crippen molar-refractivity contribution in [3.63, 3.8) is 0 Å². The molecule has 1 atom stereocenters. The van der Waals surface area contributed by atoms with Gasteiger partial charge in [0.1, 0.15) is 5.75 Å². The lowest BCUT2D eigenvalue weighted by atomic mass is 10.0. The van der Waals surface area contributed by atoms with E-state index in [2.05, 4.69) is 12.3 Å². The Hall–Kier alpha value is -1.50. The summed E-state index contributed by atoms with van der Waals surface area (Å²) in [6.45, 7) is 3.52. The smallest absolute Gasteiger partial charge is 0.118 e. The Kier molecular flexibility index (Phi) is 4.69. The van der Waals surface area contributed by atoms with Gasteiger partial charge in [-0.25, -0.2) is 0 Å². The first kappa shape index (κ1) is 11.6. The Balaban J connectivity index is 2.57. The van der Waals surface area contributed by atoms with Crippen LogP contribution in [0.15, 0.2) is 42.7 Å². The molecule has 0 aliphatic heterocycles. The molecule has 1 rings (SSSR count). The van der Waals surface area contributed by atoms with Crippen molar-refractivity contribution in [3.8, 4) is 5.75 Å². The Bertz CT molecular complexity index is 336. The maximum Gasteiger partial charge on any atom is 0.118 e. The third-order valence-corrected chi connectivity index (χ3v) is 2.31. The maximum atomic E-state index is 6.02. The first-order valence-corrected chi connectivity index (χ1v) is 5.01. The van der Waals surface area contributed by atoms with Gasteiger partial charge in [0.05, 0.1) is 7.11 Å². The van der Waals surface area contributed by atoms with Gasteiger partial charge in [0.15, 0.2) is 0 Å². The van der Waals surface area contributed by atoms with Crippen molar-refractivity contribution >= 4 is 0 Å². The van der Waals surface area contributed by atoms with Crippen molar-refractivity contribution < 1.29 is 4.74 Å². The van der Waals surface area contributed by atoms with Crippen molar-refractivity contribution in [2.75, 3.05) is 7.11 Å². The third kappa shape index (κ3) is 3.62. The minimum absolute atomic E-state index is 0.0699. The van der Waals surface area contributed by atoms with E-state index < -0.39 is 0 Å². The quantitative estimate of drug-likeness (QED) is 0.747. The molecular formula is C13H17NO. The van der Waals surface area contributed by atoms with E-state index in [0.29, 0.717) is 0 Å².